The fourth-order valence-corrected chi connectivity index (χ4v) is 9.86. The van der Waals surface area contributed by atoms with E-state index in [1.54, 1.807) is 0 Å². The minimum absolute atomic E-state index is 0.0613. The van der Waals surface area contributed by atoms with E-state index in [0.717, 1.165) is 57.8 Å². The van der Waals surface area contributed by atoms with Gasteiger partial charge in [-0.15, -0.1) is 0 Å². The third-order valence-electron chi connectivity index (χ3n) is 14.6. The zero-order valence-corrected chi connectivity index (χ0v) is 47.1. The Balaban J connectivity index is 4.06. The van der Waals surface area contributed by atoms with E-state index in [-0.39, 0.29) is 31.1 Å². The van der Waals surface area contributed by atoms with Crippen molar-refractivity contribution in [1.29, 1.82) is 0 Å². The lowest BCUT2D eigenvalue weighted by Crippen LogP contribution is -2.30. The summed E-state index contributed by atoms with van der Waals surface area (Å²) in [5.41, 5.74) is 0. The second kappa shape index (κ2) is 59.0. The van der Waals surface area contributed by atoms with Crippen LogP contribution in [0.5, 0.6) is 0 Å². The fraction of sp³-hybridized carbons (Fsp3) is 0.952. The Hall–Kier alpha value is -1.59. The number of rotatable bonds is 59. The van der Waals surface area contributed by atoms with Gasteiger partial charge in [0.05, 0.1) is 0 Å². The van der Waals surface area contributed by atoms with Gasteiger partial charge in [-0.2, -0.15) is 0 Å². The molecule has 0 spiro atoms. The molecule has 0 amide bonds. The van der Waals surface area contributed by atoms with Crippen LogP contribution in [-0.2, 0) is 28.6 Å². The summed E-state index contributed by atoms with van der Waals surface area (Å²) in [4.78, 5) is 38.1. The van der Waals surface area contributed by atoms with Gasteiger partial charge >= 0.3 is 17.9 Å². The van der Waals surface area contributed by atoms with E-state index in [9.17, 15) is 14.4 Å². The summed E-state index contributed by atoms with van der Waals surface area (Å²) >= 11 is 0. The molecule has 0 aromatic rings. The molecule has 0 aliphatic heterocycles. The molecule has 0 fully saturated rings. The Morgan fingerprint density at radius 2 is 0.391 bits per heavy atom. The van der Waals surface area contributed by atoms with Gasteiger partial charge in [-0.25, -0.2) is 0 Å². The van der Waals surface area contributed by atoms with Gasteiger partial charge in [-0.3, -0.25) is 14.4 Å². The van der Waals surface area contributed by atoms with Crippen molar-refractivity contribution in [1.82, 2.24) is 0 Å². The molecule has 0 aromatic heterocycles. The first kappa shape index (κ1) is 67.4. The molecule has 69 heavy (non-hydrogen) atoms. The van der Waals surface area contributed by atoms with Crippen LogP contribution in [0.4, 0.5) is 0 Å². The largest absolute Gasteiger partial charge is 0.462 e. The Kier molecular flexibility index (Phi) is 57.6. The lowest BCUT2D eigenvalue weighted by atomic mass is 10.0. The summed E-state index contributed by atoms with van der Waals surface area (Å²) in [7, 11) is 0. The predicted octanol–water partition coefficient (Wildman–Crippen LogP) is 21.1. The van der Waals surface area contributed by atoms with Gasteiger partial charge in [0, 0.05) is 19.3 Å². The number of unbranched alkanes of at least 4 members (excludes halogenated alkanes) is 48. The Labute approximate surface area is 431 Å². The minimum Gasteiger partial charge on any atom is -0.462 e. The minimum atomic E-state index is -0.761. The summed E-state index contributed by atoms with van der Waals surface area (Å²) in [6.45, 7) is 6.69. The van der Waals surface area contributed by atoms with Crippen molar-refractivity contribution < 1.29 is 28.6 Å². The van der Waals surface area contributed by atoms with Crippen molar-refractivity contribution >= 4 is 17.9 Å². The van der Waals surface area contributed by atoms with Crippen LogP contribution in [0.3, 0.4) is 0 Å². The summed E-state index contributed by atoms with van der Waals surface area (Å²) in [5, 5.41) is 0. The molecule has 0 radical (unpaired) electrons. The zero-order valence-electron chi connectivity index (χ0n) is 47.1. The monoisotopic (exact) mass is 975 g/mol. The van der Waals surface area contributed by atoms with E-state index in [4.69, 9.17) is 14.2 Å². The molecule has 0 aliphatic carbocycles. The van der Waals surface area contributed by atoms with Crippen LogP contribution < -0.4 is 0 Å². The number of hydrogen-bond donors (Lipinski definition) is 0. The van der Waals surface area contributed by atoms with Crippen LogP contribution in [0.2, 0.25) is 0 Å². The molecular formula is C63H122O6. The van der Waals surface area contributed by atoms with E-state index in [0.29, 0.717) is 19.3 Å². The number of esters is 3. The molecule has 0 N–H and O–H groups in total. The fourth-order valence-electron chi connectivity index (χ4n) is 9.86. The molecule has 6 nitrogen and oxygen atoms in total. The Morgan fingerprint density at radius 3 is 0.580 bits per heavy atom. The standard InChI is InChI=1S/C63H122O6/c1-4-7-10-13-16-19-21-23-25-26-27-28-29-30-31-32-33-34-35-36-38-39-41-44-47-50-53-56-62(65)68-59-60(58-67-61(64)55-52-49-46-43-18-15-12-9-6-3)69-63(66)57-54-51-48-45-42-40-37-24-22-20-17-14-11-8-5-2/h60H,4-59H2,1-3H3. The molecule has 0 aliphatic rings. The lowest BCUT2D eigenvalue weighted by Gasteiger charge is -2.18. The first-order chi connectivity index (χ1) is 34.0. The van der Waals surface area contributed by atoms with Crippen molar-refractivity contribution in [3.05, 3.63) is 0 Å². The van der Waals surface area contributed by atoms with Crippen LogP contribution in [0, 0.1) is 0 Å². The quantitative estimate of drug-likeness (QED) is 0.0343. The molecule has 0 rings (SSSR count). The molecular weight excluding hydrogens is 853 g/mol. The van der Waals surface area contributed by atoms with Crippen LogP contribution in [0.25, 0.3) is 0 Å². The van der Waals surface area contributed by atoms with E-state index < -0.39 is 6.10 Å². The second-order valence-corrected chi connectivity index (χ2v) is 21.7. The molecule has 0 saturated heterocycles. The van der Waals surface area contributed by atoms with E-state index in [2.05, 4.69) is 20.8 Å². The molecule has 1 atom stereocenters. The van der Waals surface area contributed by atoms with E-state index in [1.165, 1.54) is 270 Å². The van der Waals surface area contributed by atoms with Gasteiger partial charge in [0.1, 0.15) is 13.2 Å². The van der Waals surface area contributed by atoms with Crippen molar-refractivity contribution in [2.24, 2.45) is 0 Å². The lowest BCUT2D eigenvalue weighted by molar-refractivity contribution is -0.167. The predicted molar refractivity (Wildman–Crippen MR) is 298 cm³/mol. The van der Waals surface area contributed by atoms with Gasteiger partial charge < -0.3 is 14.2 Å². The number of carbonyl (C=O) groups is 3. The SMILES string of the molecule is CCCCCCCCCCCCCCCCCCCCCCCCCCCCCC(=O)OCC(COC(=O)CCCCCCCCCCC)OC(=O)CCCCCCCCCCCCCCCCC. The van der Waals surface area contributed by atoms with Crippen LogP contribution in [0.15, 0.2) is 0 Å². The first-order valence-electron chi connectivity index (χ1n) is 31.5. The Morgan fingerprint density at radius 1 is 0.232 bits per heavy atom. The average molecular weight is 976 g/mol. The highest BCUT2D eigenvalue weighted by Gasteiger charge is 2.19. The number of hydrogen-bond acceptors (Lipinski definition) is 6. The van der Waals surface area contributed by atoms with Gasteiger partial charge in [0.15, 0.2) is 6.10 Å². The maximum absolute atomic E-state index is 12.8. The second-order valence-electron chi connectivity index (χ2n) is 21.7. The maximum atomic E-state index is 12.8. The maximum Gasteiger partial charge on any atom is 0.306 e. The van der Waals surface area contributed by atoms with Crippen LogP contribution in [0.1, 0.15) is 367 Å². The number of ether oxygens (including phenoxy) is 3. The smallest absolute Gasteiger partial charge is 0.306 e. The molecule has 6 heteroatoms. The van der Waals surface area contributed by atoms with Crippen LogP contribution >= 0.6 is 0 Å². The van der Waals surface area contributed by atoms with Crippen molar-refractivity contribution in [3.8, 4) is 0 Å². The van der Waals surface area contributed by atoms with Crippen LogP contribution in [-0.4, -0.2) is 37.2 Å². The van der Waals surface area contributed by atoms with Crippen molar-refractivity contribution in [2.45, 2.75) is 374 Å². The van der Waals surface area contributed by atoms with Gasteiger partial charge in [-0.1, -0.05) is 329 Å². The highest BCUT2D eigenvalue weighted by molar-refractivity contribution is 5.71. The first-order valence-corrected chi connectivity index (χ1v) is 31.5. The summed E-state index contributed by atoms with van der Waals surface area (Å²) in [6.07, 6.45) is 67.0. The number of carbonyl (C=O) groups excluding carboxylic acids is 3. The van der Waals surface area contributed by atoms with E-state index in [1.807, 2.05) is 0 Å². The average Bonchev–Trinajstić information content (AvgIpc) is 3.35. The zero-order chi connectivity index (χ0) is 50.0. The Bertz CT molecular complexity index is 1030. The van der Waals surface area contributed by atoms with E-state index >= 15 is 0 Å². The molecule has 1 unspecified atom stereocenters. The molecule has 0 saturated carbocycles. The molecule has 0 bridgehead atoms. The summed E-state index contributed by atoms with van der Waals surface area (Å²) in [5.74, 6) is -0.834. The van der Waals surface area contributed by atoms with Gasteiger partial charge in [0.25, 0.3) is 0 Å². The van der Waals surface area contributed by atoms with Crippen molar-refractivity contribution in [2.75, 3.05) is 13.2 Å². The third-order valence-corrected chi connectivity index (χ3v) is 14.6. The van der Waals surface area contributed by atoms with Gasteiger partial charge in [0.2, 0.25) is 0 Å². The van der Waals surface area contributed by atoms with Crippen molar-refractivity contribution in [3.63, 3.8) is 0 Å². The summed E-state index contributed by atoms with van der Waals surface area (Å²) in [6, 6.07) is 0. The topological polar surface area (TPSA) is 78.9 Å². The summed E-state index contributed by atoms with van der Waals surface area (Å²) < 4.78 is 16.9. The molecule has 0 heterocycles. The molecule has 0 aromatic carbocycles. The normalized spacial score (nSPS) is 11.9. The third kappa shape index (κ3) is 57.2. The highest BCUT2D eigenvalue weighted by atomic mass is 16.6. The van der Waals surface area contributed by atoms with Gasteiger partial charge in [-0.05, 0) is 19.3 Å². The highest BCUT2D eigenvalue weighted by Crippen LogP contribution is 2.18. The molecule has 410 valence electrons.